The minimum absolute atomic E-state index is 0.0962. The number of hydrogen-bond donors (Lipinski definition) is 1. The number of nitrogens with zero attached hydrogens (tertiary/aromatic N) is 2. The Hall–Kier alpha value is -1.93. The van der Waals surface area contributed by atoms with Crippen LogP contribution < -0.4 is 5.32 Å². The molecule has 0 saturated carbocycles. The van der Waals surface area contributed by atoms with Crippen LogP contribution in [0.3, 0.4) is 0 Å². The van der Waals surface area contributed by atoms with Crippen molar-refractivity contribution in [2.24, 2.45) is 11.3 Å². The molecule has 1 aromatic rings. The number of sulfonamides is 1. The Morgan fingerprint density at radius 2 is 1.59 bits per heavy atom. The number of amides is 2. The molecule has 2 rings (SSSR count). The molecule has 0 unspecified atom stereocenters. The first-order chi connectivity index (χ1) is 12.4. The number of nitrogens with one attached hydrogen (secondary N) is 1. The van der Waals surface area contributed by atoms with Gasteiger partial charge in [0.25, 0.3) is 0 Å². The van der Waals surface area contributed by atoms with Crippen LogP contribution in [0.25, 0.3) is 0 Å². The summed E-state index contributed by atoms with van der Waals surface area (Å²) in [6.45, 7) is 6.85. The highest BCUT2D eigenvalue weighted by Crippen LogP contribution is 2.25. The smallest absolute Gasteiger partial charge is 0.242 e. The van der Waals surface area contributed by atoms with Crippen molar-refractivity contribution in [3.8, 4) is 0 Å². The number of anilines is 1. The molecule has 27 heavy (non-hydrogen) atoms. The molecule has 0 bridgehead atoms. The normalized spacial score (nSPS) is 16.4. The molecule has 1 aliphatic heterocycles. The average Bonchev–Trinajstić information content (AvgIpc) is 2.60. The molecule has 1 N–H and O–H groups in total. The average molecular weight is 396 g/mol. The topological polar surface area (TPSA) is 86.8 Å². The predicted octanol–water partition coefficient (Wildman–Crippen LogP) is 2.16. The van der Waals surface area contributed by atoms with Crippen molar-refractivity contribution in [3.63, 3.8) is 0 Å². The van der Waals surface area contributed by atoms with Crippen molar-refractivity contribution in [2.45, 2.75) is 38.5 Å². The van der Waals surface area contributed by atoms with Gasteiger partial charge in [-0.1, -0.05) is 20.8 Å². The summed E-state index contributed by atoms with van der Waals surface area (Å²) in [5.41, 5.74) is 0.148. The van der Waals surface area contributed by atoms with Crippen LogP contribution in [0, 0.1) is 11.3 Å². The Labute approximate surface area is 161 Å². The Balaban J connectivity index is 1.94. The maximum atomic E-state index is 12.5. The van der Waals surface area contributed by atoms with Crippen molar-refractivity contribution in [3.05, 3.63) is 24.3 Å². The lowest BCUT2D eigenvalue weighted by molar-refractivity contribution is -0.142. The van der Waals surface area contributed by atoms with Gasteiger partial charge < -0.3 is 10.2 Å². The summed E-state index contributed by atoms with van der Waals surface area (Å²) in [7, 11) is -0.538. The Kier molecular flexibility index (Phi) is 6.32. The summed E-state index contributed by atoms with van der Waals surface area (Å²) in [5, 5.41) is 2.84. The van der Waals surface area contributed by atoms with Crippen molar-refractivity contribution in [2.75, 3.05) is 32.5 Å². The van der Waals surface area contributed by atoms with E-state index in [9.17, 15) is 18.0 Å². The van der Waals surface area contributed by atoms with Gasteiger partial charge in [0.2, 0.25) is 21.8 Å². The van der Waals surface area contributed by atoms with Gasteiger partial charge in [-0.15, -0.1) is 0 Å². The zero-order chi connectivity index (χ0) is 20.4. The first-order valence-electron chi connectivity index (χ1n) is 9.06. The van der Waals surface area contributed by atoms with Crippen LogP contribution in [0.1, 0.15) is 33.6 Å². The number of carbonyl (C=O) groups excluding carboxylic acids is 2. The van der Waals surface area contributed by atoms with Gasteiger partial charge in [0.15, 0.2) is 0 Å². The van der Waals surface area contributed by atoms with Crippen LogP contribution >= 0.6 is 0 Å². The largest absolute Gasteiger partial charge is 0.342 e. The van der Waals surface area contributed by atoms with E-state index in [0.717, 1.165) is 4.31 Å². The van der Waals surface area contributed by atoms with Gasteiger partial charge in [0.05, 0.1) is 4.90 Å². The van der Waals surface area contributed by atoms with Crippen LogP contribution in [0.2, 0.25) is 0 Å². The summed E-state index contributed by atoms with van der Waals surface area (Å²) in [6, 6.07) is 6.14. The lowest BCUT2D eigenvalue weighted by atomic mass is 9.90. The third-order valence-corrected chi connectivity index (χ3v) is 6.52. The van der Waals surface area contributed by atoms with E-state index in [1.165, 1.54) is 26.2 Å². The fourth-order valence-corrected chi connectivity index (χ4v) is 3.89. The van der Waals surface area contributed by atoms with Crippen molar-refractivity contribution in [1.29, 1.82) is 0 Å². The van der Waals surface area contributed by atoms with E-state index in [-0.39, 0.29) is 22.6 Å². The van der Waals surface area contributed by atoms with Gasteiger partial charge in [0.1, 0.15) is 0 Å². The minimum Gasteiger partial charge on any atom is -0.342 e. The molecule has 1 saturated heterocycles. The number of hydrogen-bond acceptors (Lipinski definition) is 4. The first-order valence-corrected chi connectivity index (χ1v) is 10.5. The molecule has 1 heterocycles. The summed E-state index contributed by atoms with van der Waals surface area (Å²) in [4.78, 5) is 26.8. The second-order valence-electron chi connectivity index (χ2n) is 8.12. The Morgan fingerprint density at radius 3 is 2.04 bits per heavy atom. The third kappa shape index (κ3) is 5.07. The van der Waals surface area contributed by atoms with E-state index < -0.39 is 15.4 Å². The number of carbonyl (C=O) groups is 2. The molecule has 150 valence electrons. The molecule has 8 heteroatoms. The van der Waals surface area contributed by atoms with Gasteiger partial charge in [-0.2, -0.15) is 0 Å². The molecule has 1 aromatic carbocycles. The molecule has 0 radical (unpaired) electrons. The van der Waals surface area contributed by atoms with Gasteiger partial charge >= 0.3 is 0 Å². The molecular weight excluding hydrogens is 366 g/mol. The van der Waals surface area contributed by atoms with E-state index in [2.05, 4.69) is 5.32 Å². The van der Waals surface area contributed by atoms with E-state index in [1.54, 1.807) is 12.1 Å². The fourth-order valence-electron chi connectivity index (χ4n) is 2.98. The standard InChI is InChI=1S/C19H29N3O4S/c1-19(2,3)18(24)22-12-10-14(11-13-22)17(23)20-15-6-8-16(9-7-15)27(25,26)21(4)5/h6-9,14H,10-13H2,1-5H3,(H,20,23). The highest BCUT2D eigenvalue weighted by molar-refractivity contribution is 7.89. The minimum atomic E-state index is -3.49. The van der Waals surface area contributed by atoms with Crippen LogP contribution in [0.5, 0.6) is 0 Å². The quantitative estimate of drug-likeness (QED) is 0.846. The molecule has 1 aliphatic rings. The van der Waals surface area contributed by atoms with Gasteiger partial charge in [0, 0.05) is 44.2 Å². The zero-order valence-electron chi connectivity index (χ0n) is 16.7. The number of likely N-dealkylation sites (tertiary alicyclic amines) is 1. The third-order valence-electron chi connectivity index (χ3n) is 4.69. The molecule has 0 spiro atoms. The summed E-state index contributed by atoms with van der Waals surface area (Å²) < 4.78 is 25.3. The maximum Gasteiger partial charge on any atom is 0.242 e. The summed E-state index contributed by atoms with van der Waals surface area (Å²) in [5.74, 6) is -0.140. The molecule has 0 atom stereocenters. The van der Waals surface area contributed by atoms with E-state index in [1.807, 2.05) is 25.7 Å². The number of rotatable bonds is 4. The molecule has 7 nitrogen and oxygen atoms in total. The zero-order valence-corrected chi connectivity index (χ0v) is 17.5. The fraction of sp³-hybridized carbons (Fsp3) is 0.579. The molecule has 0 aliphatic carbocycles. The first kappa shape index (κ1) is 21.4. The highest BCUT2D eigenvalue weighted by atomic mass is 32.2. The van der Waals surface area contributed by atoms with Crippen LogP contribution in [0.4, 0.5) is 5.69 Å². The van der Waals surface area contributed by atoms with Gasteiger partial charge in [-0.25, -0.2) is 12.7 Å². The van der Waals surface area contributed by atoms with Crippen LogP contribution in [0.15, 0.2) is 29.2 Å². The molecule has 1 fully saturated rings. The van der Waals surface area contributed by atoms with E-state index in [0.29, 0.717) is 31.6 Å². The van der Waals surface area contributed by atoms with Crippen LogP contribution in [-0.4, -0.2) is 56.6 Å². The Morgan fingerprint density at radius 1 is 1.07 bits per heavy atom. The van der Waals surface area contributed by atoms with Crippen LogP contribution in [-0.2, 0) is 19.6 Å². The molecule has 0 aromatic heterocycles. The number of benzene rings is 1. The van der Waals surface area contributed by atoms with Gasteiger partial charge in [-0.05, 0) is 37.1 Å². The highest BCUT2D eigenvalue weighted by Gasteiger charge is 2.32. The predicted molar refractivity (Wildman–Crippen MR) is 105 cm³/mol. The Bertz CT molecular complexity index is 787. The molecular formula is C19H29N3O4S. The van der Waals surface area contributed by atoms with Crippen molar-refractivity contribution >= 4 is 27.5 Å². The van der Waals surface area contributed by atoms with E-state index >= 15 is 0 Å². The SMILES string of the molecule is CN(C)S(=O)(=O)c1ccc(NC(=O)C2CCN(C(=O)C(C)(C)C)CC2)cc1. The molecule has 2 amide bonds. The lowest BCUT2D eigenvalue weighted by Gasteiger charge is -2.35. The van der Waals surface area contributed by atoms with Gasteiger partial charge in [-0.3, -0.25) is 9.59 Å². The second-order valence-corrected chi connectivity index (χ2v) is 10.3. The summed E-state index contributed by atoms with van der Waals surface area (Å²) >= 11 is 0. The van der Waals surface area contributed by atoms with Crippen molar-refractivity contribution < 1.29 is 18.0 Å². The summed E-state index contributed by atoms with van der Waals surface area (Å²) in [6.07, 6.45) is 1.25. The monoisotopic (exact) mass is 395 g/mol. The van der Waals surface area contributed by atoms with Crippen molar-refractivity contribution in [1.82, 2.24) is 9.21 Å². The second kappa shape index (κ2) is 7.98. The lowest BCUT2D eigenvalue weighted by Crippen LogP contribution is -2.45. The number of piperidine rings is 1. The maximum absolute atomic E-state index is 12.5. The van der Waals surface area contributed by atoms with E-state index in [4.69, 9.17) is 0 Å².